The van der Waals surface area contributed by atoms with Crippen LogP contribution in [0.1, 0.15) is 26.2 Å². The van der Waals surface area contributed by atoms with Crippen LogP contribution in [0, 0.1) is 5.92 Å². The summed E-state index contributed by atoms with van der Waals surface area (Å²) in [5, 5.41) is 3.35. The third-order valence-electron chi connectivity index (χ3n) is 3.51. The van der Waals surface area contributed by atoms with Crippen molar-refractivity contribution in [3.05, 3.63) is 0 Å². The van der Waals surface area contributed by atoms with Gasteiger partial charge in [0.1, 0.15) is 0 Å². The molecule has 1 heterocycles. The summed E-state index contributed by atoms with van der Waals surface area (Å²) in [4.78, 5) is 16.3. The van der Waals surface area contributed by atoms with Crippen molar-refractivity contribution in [3.8, 4) is 0 Å². The van der Waals surface area contributed by atoms with Crippen LogP contribution in [0.25, 0.3) is 0 Å². The van der Waals surface area contributed by atoms with Gasteiger partial charge < -0.3 is 15.1 Å². The molecule has 0 spiro atoms. The van der Waals surface area contributed by atoms with Crippen LogP contribution in [0.4, 0.5) is 0 Å². The van der Waals surface area contributed by atoms with E-state index < -0.39 is 0 Å². The summed E-state index contributed by atoms with van der Waals surface area (Å²) in [6, 6.07) is 0.0353. The number of hydrogen-bond donors (Lipinski definition) is 1. The lowest BCUT2D eigenvalue weighted by atomic mass is 9.92. The summed E-state index contributed by atoms with van der Waals surface area (Å²) in [6.07, 6.45) is 3.39. The van der Waals surface area contributed by atoms with Gasteiger partial charge in [-0.25, -0.2) is 0 Å². The first kappa shape index (κ1) is 14.5. The second-order valence-electron chi connectivity index (χ2n) is 5.47. The average Bonchev–Trinajstić information content (AvgIpc) is 2.28. The Morgan fingerprint density at radius 3 is 2.59 bits per heavy atom. The highest BCUT2D eigenvalue weighted by Gasteiger charge is 2.29. The number of carbonyl (C=O) groups excluding carboxylic acids is 1. The van der Waals surface area contributed by atoms with Crippen LogP contribution in [0.3, 0.4) is 0 Å². The van der Waals surface area contributed by atoms with Gasteiger partial charge in [-0.05, 0) is 52.4 Å². The van der Waals surface area contributed by atoms with Crippen LogP contribution in [-0.4, -0.2) is 62.5 Å². The fourth-order valence-electron chi connectivity index (χ4n) is 2.35. The fraction of sp³-hybridized carbons (Fsp3) is 0.923. The number of nitrogens with zero attached hydrogens (tertiary/aromatic N) is 2. The molecule has 1 aliphatic heterocycles. The van der Waals surface area contributed by atoms with Crippen molar-refractivity contribution in [2.75, 3.05) is 40.8 Å². The van der Waals surface area contributed by atoms with Gasteiger partial charge in [0, 0.05) is 13.6 Å². The van der Waals surface area contributed by atoms with E-state index in [-0.39, 0.29) is 11.9 Å². The van der Waals surface area contributed by atoms with E-state index in [9.17, 15) is 4.79 Å². The highest BCUT2D eigenvalue weighted by atomic mass is 16.2. The molecule has 0 aromatic carbocycles. The van der Waals surface area contributed by atoms with Crippen molar-refractivity contribution < 1.29 is 4.79 Å². The summed E-state index contributed by atoms with van der Waals surface area (Å²) in [6.45, 7) is 5.03. The van der Waals surface area contributed by atoms with E-state index in [1.165, 1.54) is 6.42 Å². The molecule has 2 unspecified atom stereocenters. The number of nitrogens with one attached hydrogen (secondary N) is 1. The first-order valence-corrected chi connectivity index (χ1v) is 6.65. The molecule has 1 N–H and O–H groups in total. The van der Waals surface area contributed by atoms with Crippen molar-refractivity contribution in [3.63, 3.8) is 0 Å². The molecule has 0 radical (unpaired) electrons. The molecule has 2 atom stereocenters. The van der Waals surface area contributed by atoms with E-state index in [0.29, 0.717) is 5.92 Å². The van der Waals surface area contributed by atoms with Gasteiger partial charge >= 0.3 is 0 Å². The zero-order chi connectivity index (χ0) is 12.8. The van der Waals surface area contributed by atoms with Crippen LogP contribution < -0.4 is 5.32 Å². The third kappa shape index (κ3) is 4.64. The smallest absolute Gasteiger partial charge is 0.239 e. The number of amides is 1. The van der Waals surface area contributed by atoms with Gasteiger partial charge in [-0.2, -0.15) is 0 Å². The molecule has 1 saturated heterocycles. The minimum absolute atomic E-state index is 0.0353. The fourth-order valence-corrected chi connectivity index (χ4v) is 2.35. The van der Waals surface area contributed by atoms with Crippen molar-refractivity contribution in [1.82, 2.24) is 15.1 Å². The Labute approximate surface area is 105 Å². The second kappa shape index (κ2) is 6.97. The van der Waals surface area contributed by atoms with E-state index in [4.69, 9.17) is 0 Å². The van der Waals surface area contributed by atoms with Gasteiger partial charge in [0.2, 0.25) is 5.91 Å². The first-order valence-electron chi connectivity index (χ1n) is 6.65. The molecule has 1 fully saturated rings. The molecule has 1 rings (SSSR count). The van der Waals surface area contributed by atoms with Gasteiger partial charge in [-0.1, -0.05) is 6.92 Å². The lowest BCUT2D eigenvalue weighted by Gasteiger charge is -2.32. The van der Waals surface area contributed by atoms with Gasteiger partial charge in [0.25, 0.3) is 0 Å². The van der Waals surface area contributed by atoms with Crippen LogP contribution in [0.15, 0.2) is 0 Å². The molecule has 17 heavy (non-hydrogen) atoms. The highest BCUT2D eigenvalue weighted by molar-refractivity contribution is 5.82. The van der Waals surface area contributed by atoms with E-state index in [1.807, 2.05) is 11.9 Å². The molecule has 0 bridgehead atoms. The molecular weight excluding hydrogens is 214 g/mol. The lowest BCUT2D eigenvalue weighted by Crippen LogP contribution is -2.51. The first-order chi connectivity index (χ1) is 8.02. The summed E-state index contributed by atoms with van der Waals surface area (Å²) in [5.74, 6) is 0.725. The number of hydrogen-bond acceptors (Lipinski definition) is 3. The normalized spacial score (nSPS) is 25.0. The highest BCUT2D eigenvalue weighted by Crippen LogP contribution is 2.17. The second-order valence-corrected chi connectivity index (χ2v) is 5.47. The molecule has 1 amide bonds. The Bertz CT molecular complexity index is 243. The molecule has 0 aromatic rings. The van der Waals surface area contributed by atoms with Crippen molar-refractivity contribution in [2.45, 2.75) is 32.2 Å². The zero-order valence-electron chi connectivity index (χ0n) is 11.7. The zero-order valence-corrected chi connectivity index (χ0v) is 11.7. The van der Waals surface area contributed by atoms with Crippen molar-refractivity contribution in [2.24, 2.45) is 5.92 Å². The van der Waals surface area contributed by atoms with Crippen LogP contribution in [0.5, 0.6) is 0 Å². The summed E-state index contributed by atoms with van der Waals surface area (Å²) < 4.78 is 0. The largest absolute Gasteiger partial charge is 0.344 e. The van der Waals surface area contributed by atoms with Gasteiger partial charge in [0.05, 0.1) is 6.04 Å². The van der Waals surface area contributed by atoms with Crippen LogP contribution in [-0.2, 0) is 4.79 Å². The molecule has 4 heteroatoms. The maximum Gasteiger partial charge on any atom is 0.239 e. The van der Waals surface area contributed by atoms with Gasteiger partial charge in [-0.15, -0.1) is 0 Å². The molecule has 100 valence electrons. The molecule has 0 saturated carbocycles. The van der Waals surface area contributed by atoms with Crippen molar-refractivity contribution in [1.29, 1.82) is 0 Å². The third-order valence-corrected chi connectivity index (χ3v) is 3.51. The summed E-state index contributed by atoms with van der Waals surface area (Å²) >= 11 is 0. The minimum Gasteiger partial charge on any atom is -0.344 e. The Balaban J connectivity index is 2.34. The molecule has 4 nitrogen and oxygen atoms in total. The maximum atomic E-state index is 12.2. The maximum absolute atomic E-state index is 12.2. The quantitative estimate of drug-likeness (QED) is 0.773. The Morgan fingerprint density at radius 1 is 1.29 bits per heavy atom. The van der Waals surface area contributed by atoms with Gasteiger partial charge in [-0.3, -0.25) is 4.79 Å². The Morgan fingerprint density at radius 2 is 2.00 bits per heavy atom. The minimum atomic E-state index is 0.0353. The summed E-state index contributed by atoms with van der Waals surface area (Å²) in [5.41, 5.74) is 0. The predicted molar refractivity (Wildman–Crippen MR) is 71.0 cm³/mol. The van der Waals surface area contributed by atoms with E-state index >= 15 is 0 Å². The average molecular weight is 241 g/mol. The topological polar surface area (TPSA) is 35.6 Å². The molecule has 1 aliphatic rings. The molecule has 0 aliphatic carbocycles. The Hall–Kier alpha value is -0.610. The summed E-state index contributed by atoms with van der Waals surface area (Å²) in [7, 11) is 6.04. The number of carbonyl (C=O) groups is 1. The monoisotopic (exact) mass is 241 g/mol. The van der Waals surface area contributed by atoms with E-state index in [2.05, 4.69) is 31.2 Å². The lowest BCUT2D eigenvalue weighted by molar-refractivity contribution is -0.134. The number of rotatable bonds is 5. The van der Waals surface area contributed by atoms with Crippen LogP contribution >= 0.6 is 0 Å². The Kier molecular flexibility index (Phi) is 5.92. The van der Waals surface area contributed by atoms with Gasteiger partial charge in [0.15, 0.2) is 0 Å². The number of piperidine rings is 1. The molecular formula is C13H27N3O. The predicted octanol–water partition coefficient (Wildman–Crippen LogP) is 0.785. The standard InChI is InChI=1S/C13H27N3O/c1-11-7-5-8-14-12(11)13(17)16(4)10-6-9-15(2)3/h11-12,14H,5-10H2,1-4H3. The van der Waals surface area contributed by atoms with Crippen molar-refractivity contribution >= 4 is 5.91 Å². The van der Waals surface area contributed by atoms with E-state index in [0.717, 1.165) is 32.5 Å². The molecule has 0 aromatic heterocycles. The SMILES string of the molecule is CC1CCCNC1C(=O)N(C)CCCN(C)C. The number of likely N-dealkylation sites (N-methyl/N-ethyl adjacent to an activating group) is 1. The van der Waals surface area contributed by atoms with E-state index in [1.54, 1.807) is 0 Å². The van der Waals surface area contributed by atoms with Crippen LogP contribution in [0.2, 0.25) is 0 Å².